The van der Waals surface area contributed by atoms with Crippen LogP contribution in [-0.2, 0) is 11.4 Å². The minimum Gasteiger partial charge on any atom is -0.493 e. The quantitative estimate of drug-likeness (QED) is 0.159. The highest BCUT2D eigenvalue weighted by atomic mass is 35.5. The lowest BCUT2D eigenvalue weighted by atomic mass is 9.94. The fourth-order valence-corrected chi connectivity index (χ4v) is 7.20. The summed E-state index contributed by atoms with van der Waals surface area (Å²) < 4.78 is 30.4. The lowest BCUT2D eigenvalue weighted by Crippen LogP contribution is -2.40. The minimum atomic E-state index is -0.900. The van der Waals surface area contributed by atoms with Crippen LogP contribution in [0.15, 0.2) is 99.9 Å². The molecular weight excluding hydrogens is 713 g/mol. The van der Waals surface area contributed by atoms with E-state index in [-0.39, 0.29) is 17.7 Å². The van der Waals surface area contributed by atoms with E-state index in [0.717, 1.165) is 5.56 Å². The summed E-state index contributed by atoms with van der Waals surface area (Å²) in [6.45, 7) is 1.99. The van der Waals surface area contributed by atoms with Crippen molar-refractivity contribution in [3.63, 3.8) is 0 Å². The normalized spacial score (nSPS) is 14.0. The van der Waals surface area contributed by atoms with Gasteiger partial charge in [0.2, 0.25) is 5.75 Å². The number of carbonyl (C=O) groups is 1. The van der Waals surface area contributed by atoms with Crippen LogP contribution in [0.2, 0.25) is 10.0 Å². The van der Waals surface area contributed by atoms with Crippen LogP contribution in [0.1, 0.15) is 29.7 Å². The first-order chi connectivity index (χ1) is 24.6. The van der Waals surface area contributed by atoms with Gasteiger partial charge in [-0.1, -0.05) is 64.9 Å². The summed E-state index contributed by atoms with van der Waals surface area (Å²) in [6.07, 6.45) is 1.70. The van der Waals surface area contributed by atoms with Gasteiger partial charge in [0.05, 0.1) is 55.3 Å². The standard InChI is InChI=1S/C38H33Cl2N3O7S/c1-21-32(36(44)42-26-9-7-6-8-10-26)33(24-18-29(47-3)35(49-5)30(19-24)48-4)43-37(45)31(51-38(43)41-21)17-23-15-27(40)34(28(16-23)46-2)50-20-22-11-13-25(39)14-12-22/h6-19,33H,20H2,1-5H3,(H,42,44)/b31-17-/t33-/m0/s1. The lowest BCUT2D eigenvalue weighted by molar-refractivity contribution is -0.113. The number of benzene rings is 4. The number of thiazole rings is 1. The van der Waals surface area contributed by atoms with Crippen LogP contribution in [0.25, 0.3) is 6.08 Å². The average molecular weight is 747 g/mol. The third kappa shape index (κ3) is 7.32. The van der Waals surface area contributed by atoms with Crippen molar-refractivity contribution in [2.75, 3.05) is 33.8 Å². The SMILES string of the molecule is COc1cc(/C=c2\sc3n(c2=O)[C@@H](c2cc(OC)c(OC)c(OC)c2)C(C(=O)Nc2ccccc2)=C(C)N=3)cc(Cl)c1OCc1ccc(Cl)cc1. The van der Waals surface area contributed by atoms with E-state index in [9.17, 15) is 9.59 Å². The van der Waals surface area contributed by atoms with Crippen molar-refractivity contribution >= 4 is 52.2 Å². The fraction of sp³-hybridized carbons (Fsp3) is 0.184. The predicted molar refractivity (Wildman–Crippen MR) is 199 cm³/mol. The van der Waals surface area contributed by atoms with Gasteiger partial charge in [-0.25, -0.2) is 4.99 Å². The van der Waals surface area contributed by atoms with Gasteiger partial charge in [0, 0.05) is 10.7 Å². The van der Waals surface area contributed by atoms with Crippen molar-refractivity contribution in [1.29, 1.82) is 0 Å². The molecule has 51 heavy (non-hydrogen) atoms. The van der Waals surface area contributed by atoms with Gasteiger partial charge in [0.1, 0.15) is 6.61 Å². The molecule has 1 N–H and O–H groups in total. The van der Waals surface area contributed by atoms with Crippen LogP contribution < -0.4 is 43.9 Å². The second-order valence-electron chi connectivity index (χ2n) is 11.3. The van der Waals surface area contributed by atoms with Crippen LogP contribution in [0.5, 0.6) is 28.7 Å². The molecule has 262 valence electrons. The van der Waals surface area contributed by atoms with E-state index in [1.54, 1.807) is 61.5 Å². The van der Waals surface area contributed by atoms with E-state index in [2.05, 4.69) is 5.32 Å². The molecule has 1 aliphatic heterocycles. The second kappa shape index (κ2) is 15.3. The number of ether oxygens (including phenoxy) is 5. The molecule has 1 aliphatic rings. The summed E-state index contributed by atoms with van der Waals surface area (Å²) in [6, 6.07) is 22.3. The average Bonchev–Trinajstić information content (AvgIpc) is 3.43. The summed E-state index contributed by atoms with van der Waals surface area (Å²) in [5.41, 5.74) is 3.00. The Labute approximate surface area is 307 Å². The van der Waals surface area contributed by atoms with Crippen molar-refractivity contribution in [2.45, 2.75) is 19.6 Å². The van der Waals surface area contributed by atoms with Crippen molar-refractivity contribution in [3.05, 3.63) is 137 Å². The van der Waals surface area contributed by atoms with Crippen LogP contribution in [0.3, 0.4) is 0 Å². The van der Waals surface area contributed by atoms with Gasteiger partial charge in [-0.05, 0) is 78.2 Å². The first-order valence-electron chi connectivity index (χ1n) is 15.6. The van der Waals surface area contributed by atoms with E-state index in [0.29, 0.717) is 70.6 Å². The molecule has 1 aromatic heterocycles. The molecule has 1 amide bonds. The summed E-state index contributed by atoms with van der Waals surface area (Å²) in [4.78, 5) is 33.6. The molecule has 1 atom stereocenters. The summed E-state index contributed by atoms with van der Waals surface area (Å²) in [5, 5.41) is 3.88. The maximum Gasteiger partial charge on any atom is 0.271 e. The molecule has 0 spiro atoms. The summed E-state index contributed by atoms with van der Waals surface area (Å²) >= 11 is 13.9. The number of fused-ring (bicyclic) bond motifs is 1. The molecule has 0 radical (unpaired) electrons. The van der Waals surface area contributed by atoms with Gasteiger partial charge >= 0.3 is 0 Å². The molecule has 0 aliphatic carbocycles. The number of carbonyl (C=O) groups excluding carboxylic acids is 1. The van der Waals surface area contributed by atoms with Gasteiger partial charge < -0.3 is 29.0 Å². The molecule has 4 aromatic carbocycles. The molecule has 0 unspecified atom stereocenters. The van der Waals surface area contributed by atoms with Gasteiger partial charge in [-0.3, -0.25) is 14.2 Å². The Bertz CT molecular complexity index is 2300. The Morgan fingerprint density at radius 2 is 1.53 bits per heavy atom. The zero-order valence-corrected chi connectivity index (χ0v) is 30.6. The van der Waals surface area contributed by atoms with Crippen molar-refractivity contribution in [2.24, 2.45) is 4.99 Å². The fourth-order valence-electron chi connectivity index (χ4n) is 5.76. The number of nitrogens with one attached hydrogen (secondary N) is 1. The predicted octanol–water partition coefficient (Wildman–Crippen LogP) is 6.79. The van der Waals surface area contributed by atoms with E-state index in [4.69, 9.17) is 51.9 Å². The first kappa shape index (κ1) is 35.6. The highest BCUT2D eigenvalue weighted by Gasteiger charge is 2.34. The van der Waals surface area contributed by atoms with E-state index in [1.807, 2.05) is 30.3 Å². The van der Waals surface area contributed by atoms with Gasteiger partial charge in [0.25, 0.3) is 11.5 Å². The van der Waals surface area contributed by atoms with Crippen molar-refractivity contribution < 1.29 is 28.5 Å². The molecule has 5 aromatic rings. The number of rotatable bonds is 11. The number of methoxy groups -OCH3 is 4. The third-order valence-electron chi connectivity index (χ3n) is 8.15. The smallest absolute Gasteiger partial charge is 0.271 e. The largest absolute Gasteiger partial charge is 0.493 e. The van der Waals surface area contributed by atoms with Gasteiger partial charge in [0.15, 0.2) is 27.8 Å². The number of nitrogens with zero attached hydrogens (tertiary/aromatic N) is 2. The maximum absolute atomic E-state index is 14.4. The Balaban J connectivity index is 1.46. The van der Waals surface area contributed by atoms with Crippen LogP contribution in [-0.4, -0.2) is 38.9 Å². The van der Waals surface area contributed by atoms with Gasteiger partial charge in [-0.2, -0.15) is 0 Å². The highest BCUT2D eigenvalue weighted by Crippen LogP contribution is 2.42. The molecule has 6 rings (SSSR count). The number of hydrogen-bond acceptors (Lipinski definition) is 9. The molecule has 10 nitrogen and oxygen atoms in total. The molecule has 0 bridgehead atoms. The number of para-hydroxylation sites is 1. The molecule has 13 heteroatoms. The Morgan fingerprint density at radius 1 is 0.882 bits per heavy atom. The zero-order valence-electron chi connectivity index (χ0n) is 28.3. The topological polar surface area (TPSA) is 110 Å². The molecule has 0 saturated carbocycles. The molecule has 0 fully saturated rings. The number of halogens is 2. The number of allylic oxidation sites excluding steroid dienone is 1. The van der Waals surface area contributed by atoms with Gasteiger partial charge in [-0.15, -0.1) is 0 Å². The first-order valence-corrected chi connectivity index (χ1v) is 17.2. The number of hydrogen-bond donors (Lipinski definition) is 1. The lowest BCUT2D eigenvalue weighted by Gasteiger charge is -2.26. The molecule has 2 heterocycles. The Kier molecular flexibility index (Phi) is 10.7. The maximum atomic E-state index is 14.4. The van der Waals surface area contributed by atoms with Crippen molar-refractivity contribution in [3.8, 4) is 28.7 Å². The number of aromatic nitrogens is 1. The monoisotopic (exact) mass is 745 g/mol. The summed E-state index contributed by atoms with van der Waals surface area (Å²) in [5.74, 6) is 1.44. The number of amides is 1. The Morgan fingerprint density at radius 3 is 2.16 bits per heavy atom. The van der Waals surface area contributed by atoms with Crippen LogP contribution >= 0.6 is 34.5 Å². The van der Waals surface area contributed by atoms with E-state index < -0.39 is 11.9 Å². The van der Waals surface area contributed by atoms with Crippen molar-refractivity contribution in [1.82, 2.24) is 4.57 Å². The van der Waals surface area contributed by atoms with E-state index >= 15 is 0 Å². The van der Waals surface area contributed by atoms with E-state index in [1.165, 1.54) is 44.3 Å². The third-order valence-corrected chi connectivity index (χ3v) is 9.66. The molecule has 0 saturated heterocycles. The second-order valence-corrected chi connectivity index (χ2v) is 13.2. The molecular formula is C38H33Cl2N3O7S. The number of anilines is 1. The zero-order chi connectivity index (χ0) is 36.2. The Hall–Kier alpha value is -5.23. The van der Waals surface area contributed by atoms with Crippen LogP contribution in [0, 0.1) is 0 Å². The minimum absolute atomic E-state index is 0.242. The van der Waals surface area contributed by atoms with Crippen LogP contribution in [0.4, 0.5) is 5.69 Å². The highest BCUT2D eigenvalue weighted by molar-refractivity contribution is 7.07. The summed E-state index contributed by atoms with van der Waals surface area (Å²) in [7, 11) is 6.03.